The number of hydrogen-bond acceptors (Lipinski definition) is 4. The molecule has 4 nitrogen and oxygen atoms in total. The van der Waals surface area contributed by atoms with E-state index in [1.54, 1.807) is 24.3 Å². The van der Waals surface area contributed by atoms with Crippen LogP contribution in [0.1, 0.15) is 47.8 Å². The highest BCUT2D eigenvalue weighted by Crippen LogP contribution is 2.34. The third-order valence-corrected chi connectivity index (χ3v) is 5.97. The first-order valence-electron chi connectivity index (χ1n) is 10.7. The number of hydrogen-bond donors (Lipinski definition) is 0. The molecule has 0 bridgehead atoms. The molecule has 0 unspecified atom stereocenters. The van der Waals surface area contributed by atoms with E-state index < -0.39 is 11.4 Å². The van der Waals surface area contributed by atoms with Crippen LogP contribution >= 0.6 is 11.6 Å². The van der Waals surface area contributed by atoms with Gasteiger partial charge in [-0.1, -0.05) is 62.7 Å². The van der Waals surface area contributed by atoms with Crippen LogP contribution in [0.5, 0.6) is 5.75 Å². The maximum Gasteiger partial charge on any atom is 0.343 e. The van der Waals surface area contributed by atoms with Crippen LogP contribution in [0.3, 0.4) is 0 Å². The zero-order valence-corrected chi connectivity index (χ0v) is 20.0. The fraction of sp³-hybridized carbons (Fsp3) is 0.214. The van der Waals surface area contributed by atoms with Gasteiger partial charge >= 0.3 is 5.97 Å². The molecule has 33 heavy (non-hydrogen) atoms. The second kappa shape index (κ2) is 8.53. The minimum atomic E-state index is -0.680. The first kappa shape index (κ1) is 22.8. The Hall–Kier alpha value is -3.37. The van der Waals surface area contributed by atoms with Gasteiger partial charge in [-0.2, -0.15) is 0 Å². The summed E-state index contributed by atoms with van der Waals surface area (Å²) >= 11 is 6.02. The number of fused-ring (bicyclic) bond motifs is 1. The summed E-state index contributed by atoms with van der Waals surface area (Å²) in [5.41, 5.74) is 4.00. The van der Waals surface area contributed by atoms with Crippen molar-refractivity contribution < 1.29 is 13.9 Å². The van der Waals surface area contributed by atoms with Gasteiger partial charge in [0.15, 0.2) is 5.76 Å². The molecule has 0 saturated carbocycles. The van der Waals surface area contributed by atoms with Crippen LogP contribution in [0.2, 0.25) is 5.02 Å². The van der Waals surface area contributed by atoms with Crippen molar-refractivity contribution in [2.45, 2.75) is 40.0 Å². The van der Waals surface area contributed by atoms with Crippen LogP contribution in [0.15, 0.2) is 69.9 Å². The lowest BCUT2D eigenvalue weighted by Crippen LogP contribution is -2.16. The highest BCUT2D eigenvalue weighted by molar-refractivity contribution is 6.30. The van der Waals surface area contributed by atoms with Gasteiger partial charge in [0.05, 0.1) is 10.9 Å². The molecule has 0 N–H and O–H groups in total. The van der Waals surface area contributed by atoms with E-state index in [0.717, 1.165) is 16.7 Å². The fourth-order valence-electron chi connectivity index (χ4n) is 3.60. The van der Waals surface area contributed by atoms with Crippen molar-refractivity contribution in [3.63, 3.8) is 0 Å². The lowest BCUT2D eigenvalue weighted by molar-refractivity contribution is 0.0731. The number of rotatable bonds is 3. The predicted molar refractivity (Wildman–Crippen MR) is 133 cm³/mol. The predicted octanol–water partition coefficient (Wildman–Crippen LogP) is 7.25. The van der Waals surface area contributed by atoms with E-state index in [1.165, 1.54) is 6.07 Å². The topological polar surface area (TPSA) is 56.5 Å². The average molecular weight is 461 g/mol. The molecule has 5 heteroatoms. The standard InChI is InChI=1S/C28H25ClO4/c1-16-13-22-23(14-17(16)2)32-25(18-9-11-20(12-10-18)28(3,4)5)26(24(22)30)33-27(31)19-7-6-8-21(29)15-19/h6-15H,1-5H3. The molecule has 3 aromatic carbocycles. The number of halogens is 1. The SMILES string of the molecule is Cc1cc2oc(-c3ccc(C(C)(C)C)cc3)c(OC(=O)c3cccc(Cl)c3)c(=O)c2cc1C. The molecule has 0 aliphatic heterocycles. The summed E-state index contributed by atoms with van der Waals surface area (Å²) in [6, 6.07) is 17.7. The summed E-state index contributed by atoms with van der Waals surface area (Å²) < 4.78 is 11.8. The lowest BCUT2D eigenvalue weighted by atomic mass is 9.86. The molecule has 4 aromatic rings. The van der Waals surface area contributed by atoms with Gasteiger partial charge in [0.1, 0.15) is 5.58 Å². The molecule has 0 aliphatic rings. The monoisotopic (exact) mass is 460 g/mol. The maximum atomic E-state index is 13.5. The smallest absolute Gasteiger partial charge is 0.343 e. The van der Waals surface area contributed by atoms with Gasteiger partial charge in [0.2, 0.25) is 11.2 Å². The summed E-state index contributed by atoms with van der Waals surface area (Å²) in [5.74, 6) is -0.605. The summed E-state index contributed by atoms with van der Waals surface area (Å²) in [5, 5.41) is 0.765. The van der Waals surface area contributed by atoms with E-state index in [9.17, 15) is 9.59 Å². The van der Waals surface area contributed by atoms with Crippen molar-refractivity contribution in [2.24, 2.45) is 0 Å². The highest BCUT2D eigenvalue weighted by Gasteiger charge is 2.23. The lowest BCUT2D eigenvalue weighted by Gasteiger charge is -2.19. The second-order valence-electron chi connectivity index (χ2n) is 9.25. The van der Waals surface area contributed by atoms with Crippen LogP contribution < -0.4 is 10.2 Å². The van der Waals surface area contributed by atoms with Gasteiger partial charge in [-0.25, -0.2) is 4.79 Å². The molecule has 0 amide bonds. The molecule has 0 atom stereocenters. The Balaban J connectivity index is 1.91. The van der Waals surface area contributed by atoms with Crippen LogP contribution in [0, 0.1) is 13.8 Å². The van der Waals surface area contributed by atoms with Crippen molar-refractivity contribution >= 4 is 28.5 Å². The summed E-state index contributed by atoms with van der Waals surface area (Å²) in [6.07, 6.45) is 0. The number of carbonyl (C=O) groups is 1. The van der Waals surface area contributed by atoms with E-state index in [1.807, 2.05) is 44.2 Å². The Morgan fingerprint density at radius 1 is 0.939 bits per heavy atom. The quantitative estimate of drug-likeness (QED) is 0.302. The molecule has 0 aliphatic carbocycles. The van der Waals surface area contributed by atoms with E-state index in [4.69, 9.17) is 20.8 Å². The van der Waals surface area contributed by atoms with Gasteiger partial charge in [-0.3, -0.25) is 4.79 Å². The molecular weight excluding hydrogens is 436 g/mol. The number of esters is 1. The van der Waals surface area contributed by atoms with Gasteiger partial charge in [-0.05, 0) is 66.3 Å². The molecule has 0 radical (unpaired) electrons. The molecule has 4 rings (SSSR count). The average Bonchev–Trinajstić information content (AvgIpc) is 2.76. The summed E-state index contributed by atoms with van der Waals surface area (Å²) in [7, 11) is 0. The summed E-state index contributed by atoms with van der Waals surface area (Å²) in [4.78, 5) is 26.4. The highest BCUT2D eigenvalue weighted by atomic mass is 35.5. The van der Waals surface area contributed by atoms with E-state index in [0.29, 0.717) is 21.6 Å². The first-order chi connectivity index (χ1) is 15.5. The van der Waals surface area contributed by atoms with Crippen LogP contribution in [0.4, 0.5) is 0 Å². The Morgan fingerprint density at radius 2 is 1.61 bits per heavy atom. The largest absolute Gasteiger partial charge is 0.452 e. The zero-order valence-electron chi connectivity index (χ0n) is 19.3. The van der Waals surface area contributed by atoms with E-state index in [-0.39, 0.29) is 22.5 Å². The van der Waals surface area contributed by atoms with Crippen LogP contribution in [0.25, 0.3) is 22.3 Å². The minimum absolute atomic E-state index is 0.0285. The van der Waals surface area contributed by atoms with Crippen LogP contribution in [-0.2, 0) is 5.41 Å². The fourth-order valence-corrected chi connectivity index (χ4v) is 3.79. The molecule has 168 valence electrons. The van der Waals surface area contributed by atoms with Crippen molar-refractivity contribution in [3.05, 3.63) is 98.2 Å². The van der Waals surface area contributed by atoms with E-state index >= 15 is 0 Å². The summed E-state index contributed by atoms with van der Waals surface area (Å²) in [6.45, 7) is 10.3. The Morgan fingerprint density at radius 3 is 2.24 bits per heavy atom. The van der Waals surface area contributed by atoms with Crippen molar-refractivity contribution in [1.29, 1.82) is 0 Å². The Bertz CT molecular complexity index is 1420. The van der Waals surface area contributed by atoms with Gasteiger partial charge in [0.25, 0.3) is 0 Å². The number of benzene rings is 3. The Kier molecular flexibility index (Phi) is 5.89. The molecule has 0 saturated heterocycles. The van der Waals surface area contributed by atoms with Gasteiger partial charge < -0.3 is 9.15 Å². The van der Waals surface area contributed by atoms with Crippen molar-refractivity contribution in [1.82, 2.24) is 0 Å². The molecule has 1 aromatic heterocycles. The van der Waals surface area contributed by atoms with Crippen LogP contribution in [-0.4, -0.2) is 5.97 Å². The van der Waals surface area contributed by atoms with Crippen molar-refractivity contribution in [3.8, 4) is 17.1 Å². The molecule has 0 spiro atoms. The molecule has 1 heterocycles. The number of aryl methyl sites for hydroxylation is 2. The maximum absolute atomic E-state index is 13.5. The van der Waals surface area contributed by atoms with E-state index in [2.05, 4.69) is 20.8 Å². The van der Waals surface area contributed by atoms with Crippen molar-refractivity contribution in [2.75, 3.05) is 0 Å². The number of ether oxygens (including phenoxy) is 1. The Labute approximate surface area is 197 Å². The minimum Gasteiger partial charge on any atom is -0.452 e. The molecule has 0 fully saturated rings. The second-order valence-corrected chi connectivity index (χ2v) is 9.69. The first-order valence-corrected chi connectivity index (χ1v) is 11.1. The zero-order chi connectivity index (χ0) is 23.9. The number of carbonyl (C=O) groups excluding carboxylic acids is 1. The third kappa shape index (κ3) is 4.57. The van der Waals surface area contributed by atoms with Gasteiger partial charge in [-0.15, -0.1) is 0 Å². The third-order valence-electron chi connectivity index (χ3n) is 5.73. The van der Waals surface area contributed by atoms with Gasteiger partial charge in [0, 0.05) is 10.6 Å². The normalized spacial score (nSPS) is 11.6. The molecular formula is C28H25ClO4.